The number of carbonyl (C=O) groups is 1. The van der Waals surface area contributed by atoms with Gasteiger partial charge in [0, 0.05) is 25.5 Å². The smallest absolute Gasteiger partial charge is 0.243 e. The van der Waals surface area contributed by atoms with Crippen LogP contribution >= 0.6 is 23.2 Å². The lowest BCUT2D eigenvalue weighted by atomic mass is 10.2. The molecule has 0 atom stereocenters. The van der Waals surface area contributed by atoms with Crippen LogP contribution < -0.4 is 10.6 Å². The lowest BCUT2D eigenvalue weighted by molar-refractivity contribution is -0.114. The zero-order chi connectivity index (χ0) is 19.5. The molecule has 0 saturated carbocycles. The van der Waals surface area contributed by atoms with E-state index < -0.39 is 10.0 Å². The first-order valence-electron chi connectivity index (χ1n) is 7.63. The van der Waals surface area contributed by atoms with Crippen LogP contribution in [0, 0.1) is 6.92 Å². The molecule has 0 spiro atoms. The highest BCUT2D eigenvalue weighted by Gasteiger charge is 2.20. The minimum Gasteiger partial charge on any atom is -0.376 e. The van der Waals surface area contributed by atoms with Gasteiger partial charge in [0.1, 0.15) is 0 Å². The minimum atomic E-state index is -3.56. The molecule has 2 aromatic carbocycles. The number of anilines is 2. The Morgan fingerprint density at radius 1 is 1.04 bits per heavy atom. The fourth-order valence-electron chi connectivity index (χ4n) is 2.15. The van der Waals surface area contributed by atoms with Gasteiger partial charge in [-0.2, -0.15) is 0 Å². The van der Waals surface area contributed by atoms with E-state index in [1.54, 1.807) is 37.3 Å². The van der Waals surface area contributed by atoms with Gasteiger partial charge in [-0.1, -0.05) is 29.3 Å². The largest absolute Gasteiger partial charge is 0.376 e. The zero-order valence-electron chi connectivity index (χ0n) is 14.5. The first kappa shape index (κ1) is 20.5. The summed E-state index contributed by atoms with van der Waals surface area (Å²) < 4.78 is 25.8. The maximum Gasteiger partial charge on any atom is 0.243 e. The number of benzene rings is 2. The van der Waals surface area contributed by atoms with Gasteiger partial charge in [-0.25, -0.2) is 12.7 Å². The number of nitrogens with zero attached hydrogens (tertiary/aromatic N) is 1. The standard InChI is InChI=1S/C17H19Cl2N3O3S/c1-11-4-5-12(9-16(11)26(24,25)22(2)3)20-10-17(23)21-13-6-7-14(18)15(19)8-13/h4-9,20H,10H2,1-3H3,(H,21,23). The number of halogens is 2. The minimum absolute atomic E-state index is 0.0369. The summed E-state index contributed by atoms with van der Waals surface area (Å²) in [5.41, 5.74) is 1.68. The van der Waals surface area contributed by atoms with E-state index in [1.165, 1.54) is 20.2 Å². The molecule has 0 heterocycles. The predicted molar refractivity (Wildman–Crippen MR) is 106 cm³/mol. The van der Waals surface area contributed by atoms with Crippen molar-refractivity contribution in [3.63, 3.8) is 0 Å². The van der Waals surface area contributed by atoms with Crippen molar-refractivity contribution in [2.75, 3.05) is 31.3 Å². The third-order valence-corrected chi connectivity index (χ3v) is 6.30. The molecule has 0 fully saturated rings. The van der Waals surface area contributed by atoms with Gasteiger partial charge in [-0.15, -0.1) is 0 Å². The summed E-state index contributed by atoms with van der Waals surface area (Å²) in [5.74, 6) is -0.305. The molecule has 0 saturated heterocycles. The van der Waals surface area contributed by atoms with E-state index in [4.69, 9.17) is 23.2 Å². The Balaban J connectivity index is 2.07. The maximum atomic E-state index is 12.3. The summed E-state index contributed by atoms with van der Waals surface area (Å²) in [6.45, 7) is 1.68. The molecular formula is C17H19Cl2N3O3S. The molecule has 2 rings (SSSR count). The molecule has 0 unspecified atom stereocenters. The van der Waals surface area contributed by atoms with Crippen LogP contribution in [-0.2, 0) is 14.8 Å². The summed E-state index contributed by atoms with van der Waals surface area (Å²) in [6, 6.07) is 9.70. The maximum absolute atomic E-state index is 12.3. The van der Waals surface area contributed by atoms with Crippen molar-refractivity contribution in [2.45, 2.75) is 11.8 Å². The SMILES string of the molecule is Cc1ccc(NCC(=O)Nc2ccc(Cl)c(Cl)c2)cc1S(=O)(=O)N(C)C. The molecule has 2 N–H and O–H groups in total. The Labute approximate surface area is 163 Å². The van der Waals surface area contributed by atoms with Crippen molar-refractivity contribution >= 4 is 50.5 Å². The Morgan fingerprint density at radius 2 is 1.69 bits per heavy atom. The third kappa shape index (κ3) is 4.88. The van der Waals surface area contributed by atoms with Crippen molar-refractivity contribution in [1.29, 1.82) is 0 Å². The van der Waals surface area contributed by atoms with Crippen molar-refractivity contribution in [1.82, 2.24) is 4.31 Å². The number of hydrogen-bond donors (Lipinski definition) is 2. The average molecular weight is 416 g/mol. The van der Waals surface area contributed by atoms with Crippen molar-refractivity contribution in [2.24, 2.45) is 0 Å². The summed E-state index contributed by atoms with van der Waals surface area (Å²) in [6.07, 6.45) is 0. The topological polar surface area (TPSA) is 78.5 Å². The molecule has 0 aromatic heterocycles. The highest BCUT2D eigenvalue weighted by molar-refractivity contribution is 7.89. The number of nitrogens with one attached hydrogen (secondary N) is 2. The van der Waals surface area contributed by atoms with Gasteiger partial charge >= 0.3 is 0 Å². The Morgan fingerprint density at radius 3 is 2.31 bits per heavy atom. The molecule has 26 heavy (non-hydrogen) atoms. The van der Waals surface area contributed by atoms with Crippen LogP contribution in [0.3, 0.4) is 0 Å². The molecule has 0 aliphatic rings. The Bertz CT molecular complexity index is 931. The van der Waals surface area contributed by atoms with Gasteiger partial charge in [0.15, 0.2) is 0 Å². The monoisotopic (exact) mass is 415 g/mol. The van der Waals surface area contributed by atoms with Gasteiger partial charge in [-0.05, 0) is 42.8 Å². The zero-order valence-corrected chi connectivity index (χ0v) is 16.8. The Hall–Kier alpha value is -1.80. The molecule has 0 radical (unpaired) electrons. The number of hydrogen-bond acceptors (Lipinski definition) is 4. The van der Waals surface area contributed by atoms with Crippen molar-refractivity contribution in [3.05, 3.63) is 52.0 Å². The fourth-order valence-corrected chi connectivity index (χ4v) is 3.59. The van der Waals surface area contributed by atoms with E-state index in [-0.39, 0.29) is 17.3 Å². The van der Waals surface area contributed by atoms with E-state index in [0.717, 1.165) is 4.31 Å². The summed E-state index contributed by atoms with van der Waals surface area (Å²) in [5, 5.41) is 6.34. The molecule has 6 nitrogen and oxygen atoms in total. The third-order valence-electron chi connectivity index (χ3n) is 3.60. The lowest BCUT2D eigenvalue weighted by Gasteiger charge is -2.15. The summed E-state index contributed by atoms with van der Waals surface area (Å²) in [4.78, 5) is 12.3. The van der Waals surface area contributed by atoms with Crippen LogP contribution in [0.5, 0.6) is 0 Å². The normalized spacial score (nSPS) is 11.5. The number of carbonyl (C=O) groups excluding carboxylic acids is 1. The number of sulfonamides is 1. The molecule has 0 aliphatic heterocycles. The lowest BCUT2D eigenvalue weighted by Crippen LogP contribution is -2.24. The van der Waals surface area contributed by atoms with Crippen LogP contribution in [0.1, 0.15) is 5.56 Å². The number of rotatable bonds is 6. The first-order valence-corrected chi connectivity index (χ1v) is 9.83. The Kier molecular flexibility index (Phi) is 6.52. The van der Waals surface area contributed by atoms with Crippen molar-refractivity contribution in [3.8, 4) is 0 Å². The highest BCUT2D eigenvalue weighted by Crippen LogP contribution is 2.25. The molecule has 0 aliphatic carbocycles. The van der Waals surface area contributed by atoms with E-state index in [0.29, 0.717) is 27.0 Å². The highest BCUT2D eigenvalue weighted by atomic mass is 35.5. The van der Waals surface area contributed by atoms with Crippen LogP contribution in [0.2, 0.25) is 10.0 Å². The van der Waals surface area contributed by atoms with Gasteiger partial charge in [0.05, 0.1) is 21.5 Å². The summed E-state index contributed by atoms with van der Waals surface area (Å²) in [7, 11) is -0.617. The van der Waals surface area contributed by atoms with Gasteiger partial charge < -0.3 is 10.6 Å². The van der Waals surface area contributed by atoms with Crippen molar-refractivity contribution < 1.29 is 13.2 Å². The molecular weight excluding hydrogens is 397 g/mol. The van der Waals surface area contributed by atoms with Gasteiger partial charge in [0.2, 0.25) is 15.9 Å². The van der Waals surface area contributed by atoms with Crippen LogP contribution in [-0.4, -0.2) is 39.3 Å². The van der Waals surface area contributed by atoms with Gasteiger partial charge in [-0.3, -0.25) is 4.79 Å². The van der Waals surface area contributed by atoms with E-state index in [1.807, 2.05) is 0 Å². The van der Waals surface area contributed by atoms with Crippen LogP contribution in [0.25, 0.3) is 0 Å². The molecule has 2 aromatic rings. The van der Waals surface area contributed by atoms with Gasteiger partial charge in [0.25, 0.3) is 0 Å². The molecule has 1 amide bonds. The molecule has 0 bridgehead atoms. The fraction of sp³-hybridized carbons (Fsp3) is 0.235. The number of amides is 1. The van der Waals surface area contributed by atoms with E-state index in [2.05, 4.69) is 10.6 Å². The summed E-state index contributed by atoms with van der Waals surface area (Å²) >= 11 is 11.7. The predicted octanol–water partition coefficient (Wildman–Crippen LogP) is 3.60. The second-order valence-electron chi connectivity index (χ2n) is 5.80. The quantitative estimate of drug-likeness (QED) is 0.754. The average Bonchev–Trinajstić information content (AvgIpc) is 2.57. The first-order chi connectivity index (χ1) is 12.1. The van der Waals surface area contributed by atoms with Crippen LogP contribution in [0.4, 0.5) is 11.4 Å². The second kappa shape index (κ2) is 8.26. The van der Waals surface area contributed by atoms with E-state index in [9.17, 15) is 13.2 Å². The van der Waals surface area contributed by atoms with E-state index >= 15 is 0 Å². The second-order valence-corrected chi connectivity index (χ2v) is 8.73. The molecule has 9 heteroatoms. The number of aryl methyl sites for hydroxylation is 1. The molecule has 140 valence electrons. The van der Waals surface area contributed by atoms with Crippen LogP contribution in [0.15, 0.2) is 41.3 Å².